The maximum Gasteiger partial charge on any atom is 0.233 e. The molecule has 0 saturated heterocycles. The van der Waals surface area contributed by atoms with Gasteiger partial charge in [-0.2, -0.15) is 0 Å². The molecule has 2 unspecified atom stereocenters. The molecule has 1 N–H and O–H groups in total. The number of benzene rings is 1. The number of amides is 1. The number of hydrogen-bond acceptors (Lipinski definition) is 5. The number of nitrogens with zero attached hydrogens (tertiary/aromatic N) is 3. The molecule has 0 aliphatic carbocycles. The van der Waals surface area contributed by atoms with E-state index in [0.29, 0.717) is 33.3 Å². The summed E-state index contributed by atoms with van der Waals surface area (Å²) in [6, 6.07) is 8.55. The van der Waals surface area contributed by atoms with Crippen molar-refractivity contribution in [3.05, 3.63) is 64.9 Å². The Morgan fingerprint density at radius 3 is 2.79 bits per heavy atom. The average Bonchev–Trinajstić information content (AvgIpc) is 3.32. The molecule has 0 spiro atoms. The van der Waals surface area contributed by atoms with Crippen LogP contribution in [0.25, 0.3) is 11.6 Å². The molecule has 152 valence electrons. The Morgan fingerprint density at radius 2 is 2.14 bits per heavy atom. The Balaban J connectivity index is 1.72. The summed E-state index contributed by atoms with van der Waals surface area (Å²) in [7, 11) is 0. The van der Waals surface area contributed by atoms with Crippen molar-refractivity contribution in [2.45, 2.75) is 36.8 Å². The molecule has 1 aromatic carbocycles. The molecule has 6 nitrogen and oxygen atoms in total. The third-order valence-electron chi connectivity index (χ3n) is 4.21. The zero-order chi connectivity index (χ0) is 21.0. The molecule has 2 atom stereocenters. The minimum absolute atomic E-state index is 0.138. The summed E-state index contributed by atoms with van der Waals surface area (Å²) < 4.78 is 7.29. The first-order valence-corrected chi connectivity index (χ1v) is 10.5. The lowest BCUT2D eigenvalue weighted by atomic mass is 10.1. The second-order valence-corrected chi connectivity index (χ2v) is 8.49. The first-order valence-electron chi connectivity index (χ1n) is 8.90. The van der Waals surface area contributed by atoms with E-state index in [-0.39, 0.29) is 11.9 Å². The van der Waals surface area contributed by atoms with E-state index in [0.717, 1.165) is 5.56 Å². The smallest absolute Gasteiger partial charge is 0.233 e. The van der Waals surface area contributed by atoms with Crippen molar-refractivity contribution < 1.29 is 9.21 Å². The first kappa shape index (κ1) is 21.5. The van der Waals surface area contributed by atoms with Gasteiger partial charge >= 0.3 is 0 Å². The van der Waals surface area contributed by atoms with Gasteiger partial charge in [0.2, 0.25) is 11.7 Å². The average molecular weight is 451 g/mol. The van der Waals surface area contributed by atoms with Crippen molar-refractivity contribution in [3.63, 3.8) is 0 Å². The number of furan rings is 1. The van der Waals surface area contributed by atoms with Gasteiger partial charge in [-0.25, -0.2) is 0 Å². The van der Waals surface area contributed by atoms with E-state index in [1.807, 2.05) is 30.5 Å². The van der Waals surface area contributed by atoms with Crippen LogP contribution in [-0.4, -0.2) is 25.9 Å². The number of halogens is 2. The number of rotatable bonds is 8. The van der Waals surface area contributed by atoms with E-state index in [9.17, 15) is 4.79 Å². The van der Waals surface area contributed by atoms with Crippen molar-refractivity contribution >= 4 is 40.9 Å². The van der Waals surface area contributed by atoms with Crippen LogP contribution < -0.4 is 5.32 Å². The molecule has 0 aliphatic heterocycles. The van der Waals surface area contributed by atoms with E-state index < -0.39 is 5.25 Å². The molecular weight excluding hydrogens is 431 g/mol. The molecule has 29 heavy (non-hydrogen) atoms. The molecule has 9 heteroatoms. The van der Waals surface area contributed by atoms with Crippen LogP contribution in [0, 0.1) is 0 Å². The SMILES string of the molecule is C=CCn1c(SC(C)C(=O)NC(C)c2ccc(Cl)cc2Cl)nnc1-c1ccco1. The maximum absolute atomic E-state index is 12.7. The summed E-state index contributed by atoms with van der Waals surface area (Å²) in [4.78, 5) is 12.7. The minimum atomic E-state index is -0.402. The molecule has 0 aliphatic rings. The summed E-state index contributed by atoms with van der Waals surface area (Å²) in [5.74, 6) is 1.06. The monoisotopic (exact) mass is 450 g/mol. The minimum Gasteiger partial charge on any atom is -0.461 e. The Bertz CT molecular complexity index is 1000. The highest BCUT2D eigenvalue weighted by Gasteiger charge is 2.23. The highest BCUT2D eigenvalue weighted by molar-refractivity contribution is 8.00. The maximum atomic E-state index is 12.7. The standard InChI is InChI=1S/C20H20Cl2N4O2S/c1-4-9-26-18(17-6-5-10-28-17)24-25-20(26)29-13(3)19(27)23-12(2)15-8-7-14(21)11-16(15)22/h4-8,10-13H,1,9H2,2-3H3,(H,23,27). The lowest BCUT2D eigenvalue weighted by Crippen LogP contribution is -2.33. The fourth-order valence-electron chi connectivity index (χ4n) is 2.73. The molecule has 2 heterocycles. The molecule has 3 rings (SSSR count). The van der Waals surface area contributed by atoms with Crippen molar-refractivity contribution in [2.24, 2.45) is 0 Å². The highest BCUT2D eigenvalue weighted by Crippen LogP contribution is 2.29. The highest BCUT2D eigenvalue weighted by atomic mass is 35.5. The van der Waals surface area contributed by atoms with Crippen molar-refractivity contribution in [1.29, 1.82) is 0 Å². The lowest BCUT2D eigenvalue weighted by Gasteiger charge is -2.19. The van der Waals surface area contributed by atoms with Crippen LogP contribution in [0.15, 0.2) is 58.8 Å². The zero-order valence-corrected chi connectivity index (χ0v) is 18.3. The van der Waals surface area contributed by atoms with Gasteiger partial charge in [0.25, 0.3) is 0 Å². The number of nitrogens with one attached hydrogen (secondary N) is 1. The summed E-state index contributed by atoms with van der Waals surface area (Å²) in [5, 5.41) is 12.7. The molecular formula is C20H20Cl2N4O2S. The number of carbonyl (C=O) groups is 1. The van der Waals surface area contributed by atoms with Gasteiger partial charge in [0, 0.05) is 16.6 Å². The summed E-state index contributed by atoms with van der Waals surface area (Å²) >= 11 is 13.5. The Labute approximate surface area is 183 Å². The van der Waals surface area contributed by atoms with Crippen LogP contribution in [0.1, 0.15) is 25.5 Å². The molecule has 2 aromatic heterocycles. The molecule has 0 bridgehead atoms. The molecule has 0 radical (unpaired) electrons. The number of carbonyl (C=O) groups excluding carboxylic acids is 1. The zero-order valence-electron chi connectivity index (χ0n) is 15.9. The Kier molecular flexibility index (Phi) is 7.05. The molecule has 3 aromatic rings. The molecule has 0 saturated carbocycles. The summed E-state index contributed by atoms with van der Waals surface area (Å²) in [6.07, 6.45) is 3.32. The van der Waals surface area contributed by atoms with Gasteiger partial charge in [-0.15, -0.1) is 16.8 Å². The van der Waals surface area contributed by atoms with E-state index in [4.69, 9.17) is 27.6 Å². The van der Waals surface area contributed by atoms with Crippen LogP contribution in [0.3, 0.4) is 0 Å². The van der Waals surface area contributed by atoms with Crippen LogP contribution in [0.4, 0.5) is 0 Å². The normalized spacial score (nSPS) is 13.1. The Morgan fingerprint density at radius 1 is 1.34 bits per heavy atom. The second kappa shape index (κ2) is 9.52. The topological polar surface area (TPSA) is 73.0 Å². The lowest BCUT2D eigenvalue weighted by molar-refractivity contribution is -0.120. The van der Waals surface area contributed by atoms with E-state index in [1.54, 1.807) is 30.5 Å². The third-order valence-corrected chi connectivity index (χ3v) is 5.85. The predicted octanol–water partition coefficient (Wildman–Crippen LogP) is 5.39. The van der Waals surface area contributed by atoms with Gasteiger partial charge in [-0.1, -0.05) is 47.1 Å². The number of allylic oxidation sites excluding steroid dienone is 1. The van der Waals surface area contributed by atoms with Gasteiger partial charge in [0.1, 0.15) is 0 Å². The fraction of sp³-hybridized carbons (Fsp3) is 0.250. The fourth-order valence-corrected chi connectivity index (χ4v) is 4.17. The van der Waals surface area contributed by atoms with Gasteiger partial charge in [0.05, 0.1) is 17.6 Å². The van der Waals surface area contributed by atoms with Crippen LogP contribution in [-0.2, 0) is 11.3 Å². The number of thioether (sulfide) groups is 1. The van der Waals surface area contributed by atoms with Gasteiger partial charge in [-0.3, -0.25) is 9.36 Å². The van der Waals surface area contributed by atoms with Crippen LogP contribution in [0.2, 0.25) is 10.0 Å². The summed E-state index contributed by atoms with van der Waals surface area (Å²) in [6.45, 7) is 7.97. The third kappa shape index (κ3) is 5.04. The predicted molar refractivity (Wildman–Crippen MR) is 116 cm³/mol. The van der Waals surface area contributed by atoms with E-state index in [1.165, 1.54) is 11.8 Å². The van der Waals surface area contributed by atoms with Crippen LogP contribution in [0.5, 0.6) is 0 Å². The van der Waals surface area contributed by atoms with Crippen LogP contribution >= 0.6 is 35.0 Å². The number of hydrogen-bond donors (Lipinski definition) is 1. The van der Waals surface area contributed by atoms with Crippen molar-refractivity contribution in [3.8, 4) is 11.6 Å². The van der Waals surface area contributed by atoms with Gasteiger partial charge in [-0.05, 0) is 43.7 Å². The quantitative estimate of drug-likeness (QED) is 0.367. The molecule has 0 fully saturated rings. The second-order valence-electron chi connectivity index (χ2n) is 6.34. The summed E-state index contributed by atoms with van der Waals surface area (Å²) in [5.41, 5.74) is 0.802. The molecule has 1 amide bonds. The Hall–Kier alpha value is -2.22. The van der Waals surface area contributed by atoms with E-state index >= 15 is 0 Å². The van der Waals surface area contributed by atoms with E-state index in [2.05, 4.69) is 22.1 Å². The van der Waals surface area contributed by atoms with Gasteiger partial charge in [0.15, 0.2) is 10.9 Å². The largest absolute Gasteiger partial charge is 0.461 e. The first-order chi connectivity index (χ1) is 13.9. The number of aromatic nitrogens is 3. The van der Waals surface area contributed by atoms with Crippen molar-refractivity contribution in [1.82, 2.24) is 20.1 Å². The van der Waals surface area contributed by atoms with Gasteiger partial charge < -0.3 is 9.73 Å². The van der Waals surface area contributed by atoms with Crippen molar-refractivity contribution in [2.75, 3.05) is 0 Å².